The van der Waals surface area contributed by atoms with Gasteiger partial charge in [0.15, 0.2) is 0 Å². The molecule has 5 rings (SSSR count). The van der Waals surface area contributed by atoms with Gasteiger partial charge in [0, 0.05) is 30.0 Å². The maximum atomic E-state index is 13.3. The number of hydrogen-bond donors (Lipinski definition) is 1. The van der Waals surface area contributed by atoms with Crippen LogP contribution < -0.4 is 10.4 Å². The van der Waals surface area contributed by atoms with Crippen molar-refractivity contribution in [2.75, 3.05) is 13.1 Å². The van der Waals surface area contributed by atoms with Crippen LogP contribution >= 0.6 is 0 Å². The second kappa shape index (κ2) is 10.7. The number of amides is 1. The van der Waals surface area contributed by atoms with Gasteiger partial charge in [0.05, 0.1) is 17.6 Å². The molecule has 2 atom stereocenters. The Kier molecular flexibility index (Phi) is 7.60. The van der Waals surface area contributed by atoms with Crippen molar-refractivity contribution < 1.29 is 19.1 Å². The first-order valence-corrected chi connectivity index (χ1v) is 14.7. The van der Waals surface area contributed by atoms with Crippen LogP contribution in [0.3, 0.4) is 0 Å². The zero-order valence-electron chi connectivity index (χ0n) is 25.1. The zero-order chi connectivity index (χ0) is 28.9. The van der Waals surface area contributed by atoms with Gasteiger partial charge in [0.2, 0.25) is 5.91 Å². The van der Waals surface area contributed by atoms with E-state index in [1.807, 2.05) is 30.9 Å². The SMILES string of the molecule is Cc1c(C)c(C)c(COc2ccc3c(C)c(CC(=O)N4CC[C@@]5(O)CCCC[C@H]5C4)c(=O)oc3c2C)c(C)c1C. The molecule has 2 fully saturated rings. The summed E-state index contributed by atoms with van der Waals surface area (Å²) >= 11 is 0. The van der Waals surface area contributed by atoms with Crippen LogP contribution in [0.2, 0.25) is 0 Å². The Morgan fingerprint density at radius 1 is 0.925 bits per heavy atom. The normalized spacial score (nSPS) is 21.0. The third-order valence-corrected chi connectivity index (χ3v) is 10.3. The highest BCUT2D eigenvalue weighted by molar-refractivity contribution is 5.87. The van der Waals surface area contributed by atoms with Gasteiger partial charge in [-0.1, -0.05) is 12.8 Å². The van der Waals surface area contributed by atoms with Gasteiger partial charge in [0.1, 0.15) is 17.9 Å². The van der Waals surface area contributed by atoms with Crippen molar-refractivity contribution in [2.45, 2.75) is 99.2 Å². The second-order valence-electron chi connectivity index (χ2n) is 12.3. The maximum absolute atomic E-state index is 13.3. The molecule has 1 aliphatic carbocycles. The number of carbonyl (C=O) groups is 1. The van der Waals surface area contributed by atoms with Gasteiger partial charge in [-0.05, 0) is 119 Å². The average molecular weight is 546 g/mol. The number of aryl methyl sites for hydroxylation is 2. The summed E-state index contributed by atoms with van der Waals surface area (Å²) in [6, 6.07) is 3.86. The van der Waals surface area contributed by atoms with E-state index in [0.717, 1.165) is 42.2 Å². The van der Waals surface area contributed by atoms with Crippen LogP contribution in [0.5, 0.6) is 5.75 Å². The molecule has 3 aromatic rings. The highest BCUT2D eigenvalue weighted by Crippen LogP contribution is 2.40. The largest absolute Gasteiger partial charge is 0.488 e. The standard InChI is InChI=1S/C34H43NO5/c1-19-20(2)22(4)29(23(5)21(19)3)18-39-30-12-11-27-24(6)28(33(37)40-32(27)25(30)7)16-31(36)35-15-14-34(38)13-9-8-10-26(34)17-35/h11-12,26,38H,8-10,13-18H2,1-7H3/t26-,34-/m0/s1. The molecular weight excluding hydrogens is 502 g/mol. The molecule has 1 saturated carbocycles. The summed E-state index contributed by atoms with van der Waals surface area (Å²) in [5.41, 5.74) is 8.95. The molecule has 40 heavy (non-hydrogen) atoms. The van der Waals surface area contributed by atoms with Crippen molar-refractivity contribution >= 4 is 16.9 Å². The van der Waals surface area contributed by atoms with Gasteiger partial charge in [-0.15, -0.1) is 0 Å². The van der Waals surface area contributed by atoms with Crippen molar-refractivity contribution in [3.63, 3.8) is 0 Å². The van der Waals surface area contributed by atoms with E-state index in [4.69, 9.17) is 9.15 Å². The number of rotatable bonds is 5. The molecule has 1 saturated heterocycles. The molecule has 0 unspecified atom stereocenters. The van der Waals surface area contributed by atoms with Crippen LogP contribution in [-0.4, -0.2) is 34.6 Å². The zero-order valence-corrected chi connectivity index (χ0v) is 25.1. The molecule has 1 amide bonds. The molecule has 2 aliphatic rings. The Bertz CT molecular complexity index is 1520. The summed E-state index contributed by atoms with van der Waals surface area (Å²) in [4.78, 5) is 28.3. The summed E-state index contributed by atoms with van der Waals surface area (Å²) in [6.07, 6.45) is 4.53. The van der Waals surface area contributed by atoms with Crippen LogP contribution in [0.1, 0.15) is 82.2 Å². The summed E-state index contributed by atoms with van der Waals surface area (Å²) in [7, 11) is 0. The summed E-state index contributed by atoms with van der Waals surface area (Å²) in [6.45, 7) is 16.1. The van der Waals surface area contributed by atoms with Crippen LogP contribution in [0, 0.1) is 54.4 Å². The van der Waals surface area contributed by atoms with Crippen molar-refractivity contribution in [3.8, 4) is 5.75 Å². The predicted molar refractivity (Wildman–Crippen MR) is 158 cm³/mol. The van der Waals surface area contributed by atoms with Crippen molar-refractivity contribution in [1.29, 1.82) is 0 Å². The number of piperidine rings is 1. The fraction of sp³-hybridized carbons (Fsp3) is 0.529. The van der Waals surface area contributed by atoms with Gasteiger partial charge in [-0.25, -0.2) is 4.79 Å². The molecule has 2 heterocycles. The number of ether oxygens (including phenoxy) is 1. The van der Waals surface area contributed by atoms with Gasteiger partial charge >= 0.3 is 5.63 Å². The van der Waals surface area contributed by atoms with E-state index in [9.17, 15) is 14.7 Å². The Balaban J connectivity index is 1.37. The fourth-order valence-corrected chi connectivity index (χ4v) is 6.94. The molecule has 214 valence electrons. The Labute approximate surface area is 237 Å². The summed E-state index contributed by atoms with van der Waals surface area (Å²) in [5, 5.41) is 11.8. The number of hydrogen-bond acceptors (Lipinski definition) is 5. The minimum Gasteiger partial charge on any atom is -0.488 e. The fourth-order valence-electron chi connectivity index (χ4n) is 6.94. The van der Waals surface area contributed by atoms with Crippen molar-refractivity contribution in [3.05, 3.63) is 72.6 Å². The molecule has 6 nitrogen and oxygen atoms in total. The van der Waals surface area contributed by atoms with E-state index in [1.165, 1.54) is 33.4 Å². The summed E-state index contributed by atoms with van der Waals surface area (Å²) < 4.78 is 12.1. The van der Waals surface area contributed by atoms with Gasteiger partial charge in [-0.2, -0.15) is 0 Å². The monoisotopic (exact) mass is 545 g/mol. The van der Waals surface area contributed by atoms with E-state index in [2.05, 4.69) is 34.6 Å². The average Bonchev–Trinajstić information content (AvgIpc) is 2.93. The highest BCUT2D eigenvalue weighted by atomic mass is 16.5. The van der Waals surface area contributed by atoms with E-state index in [0.29, 0.717) is 43.0 Å². The smallest absolute Gasteiger partial charge is 0.340 e. The molecule has 1 aromatic heterocycles. The second-order valence-corrected chi connectivity index (χ2v) is 12.3. The molecule has 0 spiro atoms. The lowest BCUT2D eigenvalue weighted by atomic mass is 9.71. The first-order chi connectivity index (χ1) is 18.9. The third-order valence-electron chi connectivity index (χ3n) is 10.3. The number of nitrogens with zero attached hydrogens (tertiary/aromatic N) is 1. The van der Waals surface area contributed by atoms with E-state index in [-0.39, 0.29) is 18.2 Å². The van der Waals surface area contributed by atoms with Crippen LogP contribution in [-0.2, 0) is 17.8 Å². The van der Waals surface area contributed by atoms with Crippen molar-refractivity contribution in [2.24, 2.45) is 5.92 Å². The maximum Gasteiger partial charge on any atom is 0.340 e. The van der Waals surface area contributed by atoms with Gasteiger partial charge in [-0.3, -0.25) is 4.79 Å². The molecule has 0 bridgehead atoms. The predicted octanol–water partition coefficient (Wildman–Crippen LogP) is 6.23. The summed E-state index contributed by atoms with van der Waals surface area (Å²) in [5.74, 6) is 0.727. The lowest BCUT2D eigenvalue weighted by Crippen LogP contribution is -2.55. The van der Waals surface area contributed by atoms with Crippen LogP contribution in [0.4, 0.5) is 0 Å². The Morgan fingerprint density at radius 3 is 2.30 bits per heavy atom. The molecule has 0 radical (unpaired) electrons. The molecule has 1 N–H and O–H groups in total. The van der Waals surface area contributed by atoms with E-state index in [1.54, 1.807) is 0 Å². The quantitative estimate of drug-likeness (QED) is 0.385. The number of fused-ring (bicyclic) bond motifs is 2. The Hall–Kier alpha value is -3.12. The number of benzene rings is 2. The molecule has 1 aliphatic heterocycles. The molecular formula is C34H43NO5. The first-order valence-electron chi connectivity index (χ1n) is 14.7. The number of carbonyl (C=O) groups excluding carboxylic acids is 1. The Morgan fingerprint density at radius 2 is 1.60 bits per heavy atom. The number of likely N-dealkylation sites (tertiary alicyclic amines) is 1. The van der Waals surface area contributed by atoms with Crippen LogP contribution in [0.15, 0.2) is 21.3 Å². The van der Waals surface area contributed by atoms with E-state index >= 15 is 0 Å². The highest BCUT2D eigenvalue weighted by Gasteiger charge is 2.43. The van der Waals surface area contributed by atoms with Gasteiger partial charge in [0.25, 0.3) is 0 Å². The van der Waals surface area contributed by atoms with Crippen LogP contribution in [0.25, 0.3) is 11.0 Å². The minimum absolute atomic E-state index is 0.0111. The van der Waals surface area contributed by atoms with E-state index < -0.39 is 11.2 Å². The lowest BCUT2D eigenvalue weighted by Gasteiger charge is -2.47. The topological polar surface area (TPSA) is 80.0 Å². The van der Waals surface area contributed by atoms with Gasteiger partial charge < -0.3 is 19.2 Å². The molecule has 6 heteroatoms. The van der Waals surface area contributed by atoms with Crippen molar-refractivity contribution in [1.82, 2.24) is 4.90 Å². The lowest BCUT2D eigenvalue weighted by molar-refractivity contribution is -0.142. The first kappa shape index (κ1) is 28.4. The minimum atomic E-state index is -0.640. The third kappa shape index (κ3) is 4.85. The number of aliphatic hydroxyl groups is 1. The molecule has 2 aromatic carbocycles.